The van der Waals surface area contributed by atoms with Gasteiger partial charge in [-0.2, -0.15) is 0 Å². The molecule has 1 aromatic heterocycles. The molecule has 2 rings (SSSR count). The van der Waals surface area contributed by atoms with Crippen LogP contribution in [-0.2, 0) is 0 Å². The van der Waals surface area contributed by atoms with Crippen LogP contribution in [0.25, 0.3) is 11.0 Å². The molecule has 5 heteroatoms. The van der Waals surface area contributed by atoms with Crippen LogP contribution in [0.2, 0.25) is 0 Å². The smallest absolute Gasteiger partial charge is 0.250 e. The van der Waals surface area contributed by atoms with Crippen molar-refractivity contribution in [3.8, 4) is 0 Å². The molecule has 1 atom stereocenters. The molecular formula is C10H12N4O. The Morgan fingerprint density at radius 2 is 2.27 bits per heavy atom. The van der Waals surface area contributed by atoms with Crippen molar-refractivity contribution in [2.24, 2.45) is 11.5 Å². The summed E-state index contributed by atoms with van der Waals surface area (Å²) in [6.07, 6.45) is 0. The minimum atomic E-state index is -0.483. The molecular weight excluding hydrogens is 192 g/mol. The van der Waals surface area contributed by atoms with Gasteiger partial charge in [0.1, 0.15) is 11.3 Å². The van der Waals surface area contributed by atoms with Crippen LogP contribution in [0.4, 0.5) is 0 Å². The van der Waals surface area contributed by atoms with Crippen LogP contribution in [0.15, 0.2) is 18.2 Å². The minimum absolute atomic E-state index is 0.196. The zero-order valence-corrected chi connectivity index (χ0v) is 8.32. The molecule has 5 nitrogen and oxygen atoms in total. The summed E-state index contributed by atoms with van der Waals surface area (Å²) in [7, 11) is 0. The Morgan fingerprint density at radius 3 is 2.87 bits per heavy atom. The summed E-state index contributed by atoms with van der Waals surface area (Å²) >= 11 is 0. The predicted octanol–water partition coefficient (Wildman–Crippen LogP) is 0.681. The summed E-state index contributed by atoms with van der Waals surface area (Å²) in [6, 6.07) is 5.04. The fourth-order valence-corrected chi connectivity index (χ4v) is 1.47. The van der Waals surface area contributed by atoms with E-state index in [9.17, 15) is 4.79 Å². The number of para-hydroxylation sites is 1. The average molecular weight is 204 g/mol. The monoisotopic (exact) mass is 204 g/mol. The van der Waals surface area contributed by atoms with E-state index in [1.54, 1.807) is 12.1 Å². The lowest BCUT2D eigenvalue weighted by Crippen LogP contribution is -2.11. The van der Waals surface area contributed by atoms with E-state index in [1.165, 1.54) is 0 Å². The third-order valence-corrected chi connectivity index (χ3v) is 2.23. The highest BCUT2D eigenvalue weighted by Gasteiger charge is 2.12. The average Bonchev–Trinajstić information content (AvgIpc) is 2.60. The molecule has 2 aromatic rings. The topological polar surface area (TPSA) is 97.8 Å². The number of carbonyl (C=O) groups excluding carboxylic acids is 1. The highest BCUT2D eigenvalue weighted by atomic mass is 16.1. The van der Waals surface area contributed by atoms with Crippen LogP contribution in [0, 0.1) is 0 Å². The highest BCUT2D eigenvalue weighted by molar-refractivity contribution is 6.04. The van der Waals surface area contributed by atoms with Gasteiger partial charge in [0.15, 0.2) is 0 Å². The van der Waals surface area contributed by atoms with Crippen molar-refractivity contribution in [1.29, 1.82) is 0 Å². The maximum atomic E-state index is 11.1. The van der Waals surface area contributed by atoms with Gasteiger partial charge in [-0.15, -0.1) is 0 Å². The maximum absolute atomic E-state index is 11.1. The van der Waals surface area contributed by atoms with Crippen molar-refractivity contribution in [2.75, 3.05) is 0 Å². The summed E-state index contributed by atoms with van der Waals surface area (Å²) in [5.41, 5.74) is 12.7. The van der Waals surface area contributed by atoms with Crippen LogP contribution in [0.5, 0.6) is 0 Å². The Morgan fingerprint density at radius 1 is 1.53 bits per heavy atom. The van der Waals surface area contributed by atoms with E-state index in [0.29, 0.717) is 16.9 Å². The minimum Gasteiger partial charge on any atom is -0.366 e. The fraction of sp³-hybridized carbons (Fsp3) is 0.200. The number of nitrogens with zero attached hydrogens (tertiary/aromatic N) is 1. The van der Waals surface area contributed by atoms with Crippen LogP contribution in [0.3, 0.4) is 0 Å². The lowest BCUT2D eigenvalue weighted by atomic mass is 10.2. The number of aromatic nitrogens is 2. The number of nitrogens with one attached hydrogen (secondary N) is 1. The lowest BCUT2D eigenvalue weighted by molar-refractivity contribution is 0.100. The van der Waals surface area contributed by atoms with E-state index in [1.807, 2.05) is 13.0 Å². The SMILES string of the molecule is C[C@@H](N)c1nc2c(C(N)=O)cccc2[nH]1. The summed E-state index contributed by atoms with van der Waals surface area (Å²) in [4.78, 5) is 18.4. The van der Waals surface area contributed by atoms with E-state index in [4.69, 9.17) is 11.5 Å². The second kappa shape index (κ2) is 3.36. The van der Waals surface area contributed by atoms with E-state index >= 15 is 0 Å². The van der Waals surface area contributed by atoms with E-state index in [2.05, 4.69) is 9.97 Å². The molecule has 1 heterocycles. The lowest BCUT2D eigenvalue weighted by Gasteiger charge is -1.96. The molecule has 0 saturated carbocycles. The van der Waals surface area contributed by atoms with Gasteiger partial charge in [0.2, 0.25) is 0 Å². The molecule has 0 spiro atoms. The maximum Gasteiger partial charge on any atom is 0.250 e. The molecule has 78 valence electrons. The second-order valence-corrected chi connectivity index (χ2v) is 3.48. The van der Waals surface area contributed by atoms with Gasteiger partial charge in [-0.1, -0.05) is 6.07 Å². The van der Waals surface area contributed by atoms with E-state index < -0.39 is 5.91 Å². The highest BCUT2D eigenvalue weighted by Crippen LogP contribution is 2.18. The summed E-state index contributed by atoms with van der Waals surface area (Å²) < 4.78 is 0. The molecule has 1 aromatic carbocycles. The number of rotatable bonds is 2. The van der Waals surface area contributed by atoms with Crippen LogP contribution < -0.4 is 11.5 Å². The zero-order valence-electron chi connectivity index (χ0n) is 8.32. The first-order valence-electron chi connectivity index (χ1n) is 4.63. The Bertz CT molecular complexity index is 515. The van der Waals surface area contributed by atoms with Crippen LogP contribution in [-0.4, -0.2) is 15.9 Å². The molecule has 0 radical (unpaired) electrons. The van der Waals surface area contributed by atoms with Crippen molar-refractivity contribution in [3.63, 3.8) is 0 Å². The summed E-state index contributed by atoms with van der Waals surface area (Å²) in [5.74, 6) is 0.169. The van der Waals surface area contributed by atoms with Gasteiger partial charge in [0.05, 0.1) is 17.1 Å². The van der Waals surface area contributed by atoms with Gasteiger partial charge < -0.3 is 16.5 Å². The first-order chi connectivity index (χ1) is 7.09. The normalized spacial score (nSPS) is 12.9. The molecule has 0 unspecified atom stereocenters. The standard InChI is InChI=1S/C10H12N4O/c1-5(11)10-13-7-4-2-3-6(9(12)15)8(7)14-10/h2-5H,11H2,1H3,(H2,12,15)(H,13,14)/t5-/m1/s1. The van der Waals surface area contributed by atoms with E-state index in [0.717, 1.165) is 5.52 Å². The van der Waals surface area contributed by atoms with Gasteiger partial charge in [-0.3, -0.25) is 4.79 Å². The Labute approximate surface area is 86.5 Å². The van der Waals surface area contributed by atoms with Gasteiger partial charge in [0, 0.05) is 0 Å². The van der Waals surface area contributed by atoms with Crippen molar-refractivity contribution in [2.45, 2.75) is 13.0 Å². The van der Waals surface area contributed by atoms with Gasteiger partial charge in [0.25, 0.3) is 5.91 Å². The number of imidazole rings is 1. The number of primary amides is 1. The molecule has 0 fully saturated rings. The molecule has 0 aliphatic rings. The van der Waals surface area contributed by atoms with Crippen LogP contribution >= 0.6 is 0 Å². The van der Waals surface area contributed by atoms with Crippen molar-refractivity contribution in [3.05, 3.63) is 29.6 Å². The Balaban J connectivity index is 2.70. The fourth-order valence-electron chi connectivity index (χ4n) is 1.47. The first-order valence-corrected chi connectivity index (χ1v) is 4.63. The number of carbonyl (C=O) groups is 1. The predicted molar refractivity (Wildman–Crippen MR) is 57.2 cm³/mol. The van der Waals surface area contributed by atoms with Crippen LogP contribution in [0.1, 0.15) is 29.1 Å². The van der Waals surface area contributed by atoms with Gasteiger partial charge in [-0.05, 0) is 19.1 Å². The number of aromatic amines is 1. The van der Waals surface area contributed by atoms with Crippen molar-refractivity contribution in [1.82, 2.24) is 9.97 Å². The zero-order chi connectivity index (χ0) is 11.0. The van der Waals surface area contributed by atoms with Crippen molar-refractivity contribution < 1.29 is 4.79 Å². The number of benzene rings is 1. The number of nitrogens with two attached hydrogens (primary N) is 2. The van der Waals surface area contributed by atoms with Gasteiger partial charge >= 0.3 is 0 Å². The molecule has 1 amide bonds. The third-order valence-electron chi connectivity index (χ3n) is 2.23. The molecule has 0 aliphatic carbocycles. The Hall–Kier alpha value is -1.88. The molecule has 0 saturated heterocycles. The largest absolute Gasteiger partial charge is 0.366 e. The molecule has 0 bridgehead atoms. The second-order valence-electron chi connectivity index (χ2n) is 3.48. The van der Waals surface area contributed by atoms with E-state index in [-0.39, 0.29) is 6.04 Å². The first kappa shape index (κ1) is 9.67. The number of hydrogen-bond donors (Lipinski definition) is 3. The molecule has 5 N–H and O–H groups in total. The number of H-pyrrole nitrogens is 1. The molecule has 15 heavy (non-hydrogen) atoms. The number of amides is 1. The van der Waals surface area contributed by atoms with Crippen molar-refractivity contribution >= 4 is 16.9 Å². The van der Waals surface area contributed by atoms with Gasteiger partial charge in [-0.25, -0.2) is 4.98 Å². The summed E-state index contributed by atoms with van der Waals surface area (Å²) in [6.45, 7) is 1.82. The number of hydrogen-bond acceptors (Lipinski definition) is 3. The Kier molecular flexibility index (Phi) is 2.17. The summed E-state index contributed by atoms with van der Waals surface area (Å²) in [5, 5.41) is 0. The molecule has 0 aliphatic heterocycles. The quantitative estimate of drug-likeness (QED) is 0.670. The third kappa shape index (κ3) is 1.57. The number of fused-ring (bicyclic) bond motifs is 1.